The van der Waals surface area contributed by atoms with Gasteiger partial charge in [0.2, 0.25) is 0 Å². The molecule has 18 heavy (non-hydrogen) atoms. The van der Waals surface area contributed by atoms with E-state index in [9.17, 15) is 4.79 Å². The standard InChI is InChI=1S/C15H23NO2/c1-11(2)14-7-5-13(6-8-14)9-10-16(4)12(3)15(17)18/h5-8,11-12H,9-10H2,1-4H3,(H,17,18). The average molecular weight is 249 g/mol. The Hall–Kier alpha value is -1.35. The van der Waals surface area contributed by atoms with Crippen molar-refractivity contribution in [2.24, 2.45) is 0 Å². The molecule has 1 unspecified atom stereocenters. The minimum Gasteiger partial charge on any atom is -0.480 e. The molecule has 0 radical (unpaired) electrons. The van der Waals surface area contributed by atoms with Crippen LogP contribution in [0.1, 0.15) is 37.8 Å². The Kier molecular flexibility index (Phi) is 5.35. The van der Waals surface area contributed by atoms with Crippen LogP contribution in [0.4, 0.5) is 0 Å². The van der Waals surface area contributed by atoms with Gasteiger partial charge in [-0.25, -0.2) is 0 Å². The molecule has 3 heteroatoms. The molecule has 0 fully saturated rings. The number of benzene rings is 1. The van der Waals surface area contributed by atoms with Gasteiger partial charge in [0.05, 0.1) is 0 Å². The summed E-state index contributed by atoms with van der Waals surface area (Å²) in [5.74, 6) is -0.221. The van der Waals surface area contributed by atoms with E-state index in [1.807, 2.05) is 11.9 Å². The lowest BCUT2D eigenvalue weighted by Gasteiger charge is -2.21. The molecule has 1 aromatic rings. The summed E-state index contributed by atoms with van der Waals surface area (Å²) in [6.45, 7) is 6.83. The Morgan fingerprint density at radius 2 is 1.78 bits per heavy atom. The first-order valence-electron chi connectivity index (χ1n) is 6.43. The Morgan fingerprint density at radius 1 is 1.22 bits per heavy atom. The summed E-state index contributed by atoms with van der Waals surface area (Å²) in [4.78, 5) is 12.7. The maximum atomic E-state index is 10.8. The fourth-order valence-corrected chi connectivity index (χ4v) is 1.76. The zero-order chi connectivity index (χ0) is 13.7. The number of nitrogens with zero attached hydrogens (tertiary/aromatic N) is 1. The first-order chi connectivity index (χ1) is 8.41. The maximum absolute atomic E-state index is 10.8. The Balaban J connectivity index is 2.51. The smallest absolute Gasteiger partial charge is 0.320 e. The van der Waals surface area contributed by atoms with Gasteiger partial charge in [0.25, 0.3) is 0 Å². The van der Waals surface area contributed by atoms with Gasteiger partial charge in [0, 0.05) is 6.54 Å². The summed E-state index contributed by atoms with van der Waals surface area (Å²) in [5.41, 5.74) is 2.59. The Labute approximate surface area is 109 Å². The van der Waals surface area contributed by atoms with Gasteiger partial charge in [-0.1, -0.05) is 38.1 Å². The summed E-state index contributed by atoms with van der Waals surface area (Å²) in [5, 5.41) is 8.91. The normalized spacial score (nSPS) is 13.0. The molecule has 0 saturated heterocycles. The molecule has 1 atom stereocenters. The van der Waals surface area contributed by atoms with Crippen LogP contribution in [0.25, 0.3) is 0 Å². The second-order valence-corrected chi connectivity index (χ2v) is 5.14. The molecule has 3 nitrogen and oxygen atoms in total. The topological polar surface area (TPSA) is 40.5 Å². The maximum Gasteiger partial charge on any atom is 0.320 e. The molecule has 0 heterocycles. The lowest BCUT2D eigenvalue weighted by atomic mass is 10.0. The van der Waals surface area contributed by atoms with E-state index in [4.69, 9.17) is 5.11 Å². The van der Waals surface area contributed by atoms with Crippen molar-refractivity contribution in [2.75, 3.05) is 13.6 Å². The first kappa shape index (κ1) is 14.7. The van der Waals surface area contributed by atoms with E-state index in [2.05, 4.69) is 38.1 Å². The van der Waals surface area contributed by atoms with Gasteiger partial charge in [-0.05, 0) is 37.4 Å². The van der Waals surface area contributed by atoms with E-state index in [1.165, 1.54) is 11.1 Å². The predicted octanol–water partition coefficient (Wildman–Crippen LogP) is 2.76. The van der Waals surface area contributed by atoms with Crippen molar-refractivity contribution < 1.29 is 9.90 Å². The first-order valence-corrected chi connectivity index (χ1v) is 6.43. The second-order valence-electron chi connectivity index (χ2n) is 5.14. The highest BCUT2D eigenvalue weighted by molar-refractivity contribution is 5.72. The van der Waals surface area contributed by atoms with Gasteiger partial charge < -0.3 is 5.11 Å². The summed E-state index contributed by atoms with van der Waals surface area (Å²) in [6, 6.07) is 8.14. The fourth-order valence-electron chi connectivity index (χ4n) is 1.76. The van der Waals surface area contributed by atoms with Crippen LogP contribution in [0.2, 0.25) is 0 Å². The van der Waals surface area contributed by atoms with Crippen LogP contribution in [0.5, 0.6) is 0 Å². The second kappa shape index (κ2) is 6.55. The van der Waals surface area contributed by atoms with Gasteiger partial charge in [-0.3, -0.25) is 9.69 Å². The van der Waals surface area contributed by atoms with E-state index in [1.54, 1.807) is 6.92 Å². The van der Waals surface area contributed by atoms with Crippen LogP contribution in [0.3, 0.4) is 0 Å². The number of hydrogen-bond acceptors (Lipinski definition) is 2. The molecular weight excluding hydrogens is 226 g/mol. The highest BCUT2D eigenvalue weighted by Gasteiger charge is 2.15. The molecule has 0 aliphatic rings. The molecule has 1 rings (SSSR count). The molecule has 0 saturated carbocycles. The third-order valence-corrected chi connectivity index (χ3v) is 3.42. The van der Waals surface area contributed by atoms with E-state index in [-0.39, 0.29) is 0 Å². The number of carboxylic acids is 1. The zero-order valence-electron chi connectivity index (χ0n) is 11.7. The summed E-state index contributed by atoms with van der Waals surface area (Å²) < 4.78 is 0. The molecular formula is C15H23NO2. The third kappa shape index (κ3) is 4.15. The van der Waals surface area contributed by atoms with E-state index in [0.29, 0.717) is 5.92 Å². The summed E-state index contributed by atoms with van der Waals surface area (Å²) in [7, 11) is 1.85. The SMILES string of the molecule is CC(C)c1ccc(CCN(C)C(C)C(=O)O)cc1. The minimum atomic E-state index is -0.771. The van der Waals surface area contributed by atoms with Crippen molar-refractivity contribution in [3.8, 4) is 0 Å². The van der Waals surface area contributed by atoms with Crippen molar-refractivity contribution in [1.29, 1.82) is 0 Å². The van der Waals surface area contributed by atoms with Crippen LogP contribution >= 0.6 is 0 Å². The predicted molar refractivity (Wildman–Crippen MR) is 74.0 cm³/mol. The molecule has 0 bridgehead atoms. The molecule has 0 aromatic heterocycles. The van der Waals surface area contributed by atoms with Gasteiger partial charge in [0.1, 0.15) is 6.04 Å². The Morgan fingerprint density at radius 3 is 2.22 bits per heavy atom. The monoisotopic (exact) mass is 249 g/mol. The summed E-state index contributed by atoms with van der Waals surface area (Å²) >= 11 is 0. The van der Waals surface area contributed by atoms with E-state index < -0.39 is 12.0 Å². The van der Waals surface area contributed by atoms with Gasteiger partial charge in [-0.2, -0.15) is 0 Å². The lowest BCUT2D eigenvalue weighted by molar-refractivity contribution is -0.142. The fraction of sp³-hybridized carbons (Fsp3) is 0.533. The number of carboxylic acid groups (broad SMARTS) is 1. The molecule has 0 spiro atoms. The van der Waals surface area contributed by atoms with Crippen LogP contribution < -0.4 is 0 Å². The highest BCUT2D eigenvalue weighted by atomic mass is 16.4. The van der Waals surface area contributed by atoms with Crippen molar-refractivity contribution in [1.82, 2.24) is 4.90 Å². The molecule has 1 N–H and O–H groups in total. The number of aliphatic carboxylic acids is 1. The largest absolute Gasteiger partial charge is 0.480 e. The molecule has 0 amide bonds. The lowest BCUT2D eigenvalue weighted by Crippen LogP contribution is -2.37. The van der Waals surface area contributed by atoms with Crippen LogP contribution in [0, 0.1) is 0 Å². The number of rotatable bonds is 6. The Bertz CT molecular complexity index is 384. The molecule has 100 valence electrons. The van der Waals surface area contributed by atoms with Crippen molar-refractivity contribution in [3.63, 3.8) is 0 Å². The van der Waals surface area contributed by atoms with E-state index in [0.717, 1.165) is 13.0 Å². The molecule has 0 aliphatic carbocycles. The average Bonchev–Trinajstić information content (AvgIpc) is 2.35. The number of hydrogen-bond donors (Lipinski definition) is 1. The zero-order valence-corrected chi connectivity index (χ0v) is 11.7. The van der Waals surface area contributed by atoms with Crippen LogP contribution in [0.15, 0.2) is 24.3 Å². The van der Waals surface area contributed by atoms with Gasteiger partial charge in [-0.15, -0.1) is 0 Å². The number of carbonyl (C=O) groups is 1. The van der Waals surface area contributed by atoms with Gasteiger partial charge in [0.15, 0.2) is 0 Å². The van der Waals surface area contributed by atoms with Crippen molar-refractivity contribution in [2.45, 2.75) is 39.2 Å². The molecule has 1 aromatic carbocycles. The van der Waals surface area contributed by atoms with Crippen molar-refractivity contribution >= 4 is 5.97 Å². The van der Waals surface area contributed by atoms with Crippen molar-refractivity contribution in [3.05, 3.63) is 35.4 Å². The van der Waals surface area contributed by atoms with Crippen LogP contribution in [-0.4, -0.2) is 35.6 Å². The molecule has 0 aliphatic heterocycles. The van der Waals surface area contributed by atoms with E-state index >= 15 is 0 Å². The quantitative estimate of drug-likeness (QED) is 0.842. The van der Waals surface area contributed by atoms with Gasteiger partial charge >= 0.3 is 5.97 Å². The summed E-state index contributed by atoms with van der Waals surface area (Å²) in [6.07, 6.45) is 0.881. The highest BCUT2D eigenvalue weighted by Crippen LogP contribution is 2.15. The van der Waals surface area contributed by atoms with Crippen LogP contribution in [-0.2, 0) is 11.2 Å². The minimum absolute atomic E-state index is 0.431. The number of likely N-dealkylation sites (N-methyl/N-ethyl adjacent to an activating group) is 1. The third-order valence-electron chi connectivity index (χ3n) is 3.42.